The van der Waals surface area contributed by atoms with Crippen molar-refractivity contribution in [2.45, 2.75) is 26.7 Å². The Balaban J connectivity index is 0. The summed E-state index contributed by atoms with van der Waals surface area (Å²) in [7, 11) is 1.76. The van der Waals surface area contributed by atoms with Gasteiger partial charge in [0, 0.05) is 20.3 Å². The molecule has 0 bridgehead atoms. The molecule has 12 heavy (non-hydrogen) atoms. The Morgan fingerprint density at radius 3 is 1.92 bits per heavy atom. The number of carbonyl (C=O) groups excluding carboxylic acids is 1. The first kappa shape index (κ1) is 14.1. The summed E-state index contributed by atoms with van der Waals surface area (Å²) in [5, 5.41) is 0. The van der Waals surface area contributed by atoms with Crippen molar-refractivity contribution in [2.24, 2.45) is 11.7 Å². The average Bonchev–Trinajstić information content (AvgIpc) is 2.14. The van der Waals surface area contributed by atoms with Crippen molar-refractivity contribution in [3.8, 4) is 0 Å². The molecule has 3 nitrogen and oxygen atoms in total. The molecule has 2 N–H and O–H groups in total. The third-order valence-electron chi connectivity index (χ3n) is 1.65. The van der Waals surface area contributed by atoms with Crippen LogP contribution >= 0.6 is 0 Å². The molecule has 0 rings (SSSR count). The number of hydrogen-bond acceptors (Lipinski definition) is 3. The van der Waals surface area contributed by atoms with Gasteiger partial charge in [-0.2, -0.15) is 0 Å². The van der Waals surface area contributed by atoms with Crippen LogP contribution in [0, 0.1) is 5.92 Å². The fraction of sp³-hybridized carbons (Fsp3) is 0.889. The summed E-state index contributed by atoms with van der Waals surface area (Å²) in [6, 6.07) is 0. The molecule has 0 aliphatic carbocycles. The summed E-state index contributed by atoms with van der Waals surface area (Å²) in [5.74, 6) is 0.778. The Labute approximate surface area is 75.3 Å². The maximum Gasteiger partial charge on any atom is 0.133 e. The number of rotatable bonds is 5. The fourth-order valence-corrected chi connectivity index (χ4v) is 0.760. The van der Waals surface area contributed by atoms with Crippen LogP contribution in [0.4, 0.5) is 0 Å². The van der Waals surface area contributed by atoms with Crippen molar-refractivity contribution in [3.05, 3.63) is 0 Å². The summed E-state index contributed by atoms with van der Waals surface area (Å²) in [6.07, 6.45) is 3.13. The van der Waals surface area contributed by atoms with E-state index < -0.39 is 0 Å². The molecular formula is C9H21NO2. The van der Waals surface area contributed by atoms with Crippen LogP contribution < -0.4 is 5.73 Å². The van der Waals surface area contributed by atoms with Crippen molar-refractivity contribution < 1.29 is 9.53 Å². The molecule has 0 aromatic rings. The number of aldehydes is 1. The highest BCUT2D eigenvalue weighted by molar-refractivity contribution is 5.51. The molecule has 0 saturated heterocycles. The second-order valence-electron chi connectivity index (χ2n) is 2.54. The maximum absolute atomic E-state index is 9.05. The minimum Gasteiger partial charge on any atom is -0.384 e. The van der Waals surface area contributed by atoms with E-state index in [1.54, 1.807) is 7.11 Å². The molecule has 0 heterocycles. The average molecular weight is 175 g/mol. The van der Waals surface area contributed by atoms with E-state index in [2.05, 4.69) is 19.6 Å². The van der Waals surface area contributed by atoms with Gasteiger partial charge < -0.3 is 15.3 Å². The van der Waals surface area contributed by atoms with Gasteiger partial charge in [0.15, 0.2) is 0 Å². The van der Waals surface area contributed by atoms with Crippen LogP contribution in [-0.4, -0.2) is 26.5 Å². The molecule has 0 aliphatic rings. The summed E-state index contributed by atoms with van der Waals surface area (Å²) in [4.78, 5) is 9.05. The molecular weight excluding hydrogens is 154 g/mol. The largest absolute Gasteiger partial charge is 0.384 e. The summed E-state index contributed by atoms with van der Waals surface area (Å²) in [5.41, 5.74) is 4.66. The zero-order valence-electron chi connectivity index (χ0n) is 8.38. The van der Waals surface area contributed by atoms with Crippen molar-refractivity contribution >= 4 is 6.29 Å². The number of methoxy groups -OCH3 is 1. The lowest BCUT2D eigenvalue weighted by Gasteiger charge is -2.08. The number of carbonyl (C=O) groups is 1. The monoisotopic (exact) mass is 175 g/mol. The van der Waals surface area contributed by atoms with Gasteiger partial charge in [-0.1, -0.05) is 26.7 Å². The van der Waals surface area contributed by atoms with E-state index >= 15 is 0 Å². The minimum atomic E-state index is 0.139. The Kier molecular flexibility index (Phi) is 15.5. The minimum absolute atomic E-state index is 0.139. The van der Waals surface area contributed by atoms with Gasteiger partial charge in [0.05, 0.1) is 0 Å². The first-order valence-corrected chi connectivity index (χ1v) is 4.39. The number of nitrogens with two attached hydrogens (primary N) is 1. The fourth-order valence-electron chi connectivity index (χ4n) is 0.760. The normalized spacial score (nSPS) is 9.08. The zero-order valence-corrected chi connectivity index (χ0v) is 8.38. The van der Waals surface area contributed by atoms with Crippen LogP contribution in [0.3, 0.4) is 0 Å². The Hall–Kier alpha value is -0.410. The van der Waals surface area contributed by atoms with Crippen LogP contribution in [0.25, 0.3) is 0 Å². The van der Waals surface area contributed by atoms with E-state index in [4.69, 9.17) is 9.53 Å². The molecule has 0 spiro atoms. The topological polar surface area (TPSA) is 52.3 Å². The Morgan fingerprint density at radius 2 is 1.83 bits per heavy atom. The third kappa shape index (κ3) is 12.3. The van der Waals surface area contributed by atoms with Gasteiger partial charge in [-0.25, -0.2) is 0 Å². The molecule has 0 unspecified atom stereocenters. The van der Waals surface area contributed by atoms with Crippen molar-refractivity contribution in [1.29, 1.82) is 0 Å². The molecule has 0 saturated carbocycles. The van der Waals surface area contributed by atoms with Gasteiger partial charge in [0.1, 0.15) is 6.29 Å². The predicted octanol–water partition coefficient (Wildman–Crippen LogP) is 1.21. The number of hydrogen-bond donors (Lipinski definition) is 1. The van der Waals surface area contributed by atoms with Gasteiger partial charge in [-0.05, 0) is 5.92 Å². The molecule has 0 radical (unpaired) electrons. The lowest BCUT2D eigenvalue weighted by molar-refractivity contribution is -0.106. The summed E-state index contributed by atoms with van der Waals surface area (Å²) in [6.45, 7) is 5.47. The molecule has 74 valence electrons. The smallest absolute Gasteiger partial charge is 0.133 e. The lowest BCUT2D eigenvalue weighted by Crippen LogP contribution is -2.04. The molecule has 0 atom stereocenters. The first-order valence-electron chi connectivity index (χ1n) is 4.39. The van der Waals surface area contributed by atoms with Crippen LogP contribution in [0.5, 0.6) is 0 Å². The first-order chi connectivity index (χ1) is 5.76. The summed E-state index contributed by atoms with van der Waals surface area (Å²) < 4.78 is 4.99. The van der Waals surface area contributed by atoms with Gasteiger partial charge >= 0.3 is 0 Å². The lowest BCUT2D eigenvalue weighted by atomic mass is 10.1. The highest BCUT2D eigenvalue weighted by atomic mass is 16.5. The van der Waals surface area contributed by atoms with Crippen LogP contribution in [0.1, 0.15) is 26.7 Å². The Morgan fingerprint density at radius 1 is 1.42 bits per heavy atom. The number of ether oxygens (including phenoxy) is 1. The molecule has 0 aromatic heterocycles. The SMILES string of the molecule is CCC(CC)COC.NCC=O. The van der Waals surface area contributed by atoms with Crippen molar-refractivity contribution in [3.63, 3.8) is 0 Å². The molecule has 3 heteroatoms. The predicted molar refractivity (Wildman–Crippen MR) is 51.1 cm³/mol. The van der Waals surface area contributed by atoms with Crippen LogP contribution in [0.2, 0.25) is 0 Å². The van der Waals surface area contributed by atoms with Crippen molar-refractivity contribution in [2.75, 3.05) is 20.3 Å². The second kappa shape index (κ2) is 13.2. The standard InChI is InChI=1S/C7H16O.C2H5NO/c1-4-7(5-2)6-8-3;3-1-2-4/h7H,4-6H2,1-3H3;2H,1,3H2. The molecule has 0 aromatic carbocycles. The highest BCUT2D eigenvalue weighted by Gasteiger charge is 1.99. The van der Waals surface area contributed by atoms with Crippen LogP contribution in [0.15, 0.2) is 0 Å². The van der Waals surface area contributed by atoms with Crippen molar-refractivity contribution in [1.82, 2.24) is 0 Å². The maximum atomic E-state index is 9.05. The summed E-state index contributed by atoms with van der Waals surface area (Å²) >= 11 is 0. The third-order valence-corrected chi connectivity index (χ3v) is 1.65. The molecule has 0 aliphatic heterocycles. The van der Waals surface area contributed by atoms with E-state index in [1.807, 2.05) is 0 Å². The van der Waals surface area contributed by atoms with E-state index in [0.29, 0.717) is 6.29 Å². The van der Waals surface area contributed by atoms with E-state index in [1.165, 1.54) is 12.8 Å². The Bertz CT molecular complexity index is 82.6. The molecule has 0 amide bonds. The quantitative estimate of drug-likeness (QED) is 0.639. The van der Waals surface area contributed by atoms with Gasteiger partial charge in [0.2, 0.25) is 0 Å². The van der Waals surface area contributed by atoms with E-state index in [9.17, 15) is 0 Å². The van der Waals surface area contributed by atoms with Crippen LogP contribution in [-0.2, 0) is 9.53 Å². The highest BCUT2D eigenvalue weighted by Crippen LogP contribution is 2.05. The van der Waals surface area contributed by atoms with E-state index in [-0.39, 0.29) is 6.54 Å². The van der Waals surface area contributed by atoms with Gasteiger partial charge in [0.25, 0.3) is 0 Å². The molecule has 0 fully saturated rings. The zero-order chi connectivity index (χ0) is 9.82. The van der Waals surface area contributed by atoms with Gasteiger partial charge in [-0.3, -0.25) is 0 Å². The van der Waals surface area contributed by atoms with Gasteiger partial charge in [-0.15, -0.1) is 0 Å². The second-order valence-corrected chi connectivity index (χ2v) is 2.54. The van der Waals surface area contributed by atoms with E-state index in [0.717, 1.165) is 12.5 Å².